The Balaban J connectivity index is 1.78. The Morgan fingerprint density at radius 2 is 2.05 bits per heavy atom. The summed E-state index contributed by atoms with van der Waals surface area (Å²) in [5, 5.41) is 11.8. The van der Waals surface area contributed by atoms with Crippen molar-refractivity contribution in [2.24, 2.45) is 5.41 Å². The van der Waals surface area contributed by atoms with Crippen molar-refractivity contribution < 1.29 is 19.4 Å². The number of hydrogen-bond acceptors (Lipinski definition) is 3. The molecule has 2 rings (SSSR count). The van der Waals surface area contributed by atoms with Crippen LogP contribution >= 0.6 is 0 Å². The van der Waals surface area contributed by atoms with Crippen LogP contribution in [0.1, 0.15) is 45.4 Å². The van der Waals surface area contributed by atoms with Gasteiger partial charge in [0.25, 0.3) is 0 Å². The molecule has 0 aromatic heterocycles. The number of morpholine rings is 1. The fraction of sp³-hybridized carbons (Fsp3) is 0.867. The number of urea groups is 1. The van der Waals surface area contributed by atoms with Gasteiger partial charge < -0.3 is 20.1 Å². The minimum absolute atomic E-state index is 0.0541. The Bertz CT molecular complexity index is 380. The monoisotopic (exact) mass is 298 g/mol. The molecule has 1 saturated carbocycles. The highest BCUT2D eigenvalue weighted by Gasteiger charge is 2.30. The highest BCUT2D eigenvalue weighted by atomic mass is 16.5. The van der Waals surface area contributed by atoms with E-state index in [-0.39, 0.29) is 17.9 Å². The summed E-state index contributed by atoms with van der Waals surface area (Å²) >= 11 is 0. The molecule has 0 aromatic rings. The molecule has 0 bridgehead atoms. The number of ether oxygens (including phenoxy) is 1. The second-order valence-electron chi connectivity index (χ2n) is 6.57. The molecule has 6 heteroatoms. The largest absolute Gasteiger partial charge is 0.481 e. The molecule has 2 aliphatic rings. The number of rotatable bonds is 4. The fourth-order valence-corrected chi connectivity index (χ4v) is 3.20. The number of amides is 2. The number of aliphatic carboxylic acids is 1. The number of carboxylic acids is 1. The van der Waals surface area contributed by atoms with E-state index in [9.17, 15) is 9.59 Å². The molecular formula is C15H26N2O4. The van der Waals surface area contributed by atoms with Gasteiger partial charge in [-0.15, -0.1) is 0 Å². The first-order valence-corrected chi connectivity index (χ1v) is 7.85. The van der Waals surface area contributed by atoms with Gasteiger partial charge in [-0.3, -0.25) is 4.79 Å². The molecule has 6 nitrogen and oxygen atoms in total. The van der Waals surface area contributed by atoms with E-state index in [0.717, 1.165) is 12.8 Å². The molecule has 2 amide bonds. The van der Waals surface area contributed by atoms with E-state index < -0.39 is 12.1 Å². The van der Waals surface area contributed by atoms with E-state index in [1.165, 1.54) is 19.3 Å². The quantitative estimate of drug-likeness (QED) is 0.830. The van der Waals surface area contributed by atoms with Crippen LogP contribution < -0.4 is 5.32 Å². The molecule has 1 unspecified atom stereocenters. The van der Waals surface area contributed by atoms with Crippen molar-refractivity contribution in [2.75, 3.05) is 26.2 Å². The number of carboxylic acid groups (broad SMARTS) is 1. The molecule has 1 atom stereocenters. The third kappa shape index (κ3) is 4.88. The lowest BCUT2D eigenvalue weighted by atomic mass is 9.76. The molecule has 1 heterocycles. The predicted octanol–water partition coefficient (Wildman–Crippen LogP) is 1.84. The van der Waals surface area contributed by atoms with E-state index in [1.807, 2.05) is 0 Å². The van der Waals surface area contributed by atoms with E-state index in [2.05, 4.69) is 12.2 Å². The second kappa shape index (κ2) is 7.11. The Hall–Kier alpha value is -1.30. The molecule has 1 aliphatic carbocycles. The van der Waals surface area contributed by atoms with Crippen LogP contribution in [-0.4, -0.2) is 54.4 Å². The van der Waals surface area contributed by atoms with Crippen LogP contribution in [-0.2, 0) is 9.53 Å². The summed E-state index contributed by atoms with van der Waals surface area (Å²) in [5.74, 6) is -0.892. The molecule has 2 N–H and O–H groups in total. The van der Waals surface area contributed by atoms with E-state index >= 15 is 0 Å². The first-order chi connectivity index (χ1) is 9.98. The lowest BCUT2D eigenvalue weighted by molar-refractivity contribution is -0.141. The van der Waals surface area contributed by atoms with E-state index in [4.69, 9.17) is 9.84 Å². The van der Waals surface area contributed by atoms with Crippen LogP contribution in [0.4, 0.5) is 4.79 Å². The van der Waals surface area contributed by atoms with Gasteiger partial charge in [0.15, 0.2) is 0 Å². The molecule has 1 saturated heterocycles. The molecule has 21 heavy (non-hydrogen) atoms. The molecule has 0 spiro atoms. The first kappa shape index (κ1) is 16.1. The minimum Gasteiger partial charge on any atom is -0.481 e. The minimum atomic E-state index is -0.892. The van der Waals surface area contributed by atoms with E-state index in [1.54, 1.807) is 4.90 Å². The summed E-state index contributed by atoms with van der Waals surface area (Å²) in [6, 6.07) is -0.0968. The van der Waals surface area contributed by atoms with Gasteiger partial charge in [0, 0.05) is 19.6 Å². The van der Waals surface area contributed by atoms with Gasteiger partial charge in [-0.05, 0) is 18.3 Å². The molecule has 120 valence electrons. The van der Waals surface area contributed by atoms with Crippen molar-refractivity contribution in [3.8, 4) is 0 Å². The number of hydrogen-bond donors (Lipinski definition) is 2. The number of nitrogens with one attached hydrogen (secondary N) is 1. The number of carbonyl (C=O) groups excluding carboxylic acids is 1. The van der Waals surface area contributed by atoms with Crippen LogP contribution in [0.3, 0.4) is 0 Å². The van der Waals surface area contributed by atoms with Crippen molar-refractivity contribution >= 4 is 12.0 Å². The summed E-state index contributed by atoms with van der Waals surface area (Å²) in [4.78, 5) is 24.6. The van der Waals surface area contributed by atoms with Gasteiger partial charge in [-0.1, -0.05) is 26.2 Å². The maximum Gasteiger partial charge on any atom is 0.317 e. The summed E-state index contributed by atoms with van der Waals surface area (Å²) in [6.07, 6.45) is 5.66. The van der Waals surface area contributed by atoms with Crippen LogP contribution in [0.5, 0.6) is 0 Å². The van der Waals surface area contributed by atoms with Gasteiger partial charge in [0.1, 0.15) is 0 Å². The van der Waals surface area contributed by atoms with Crippen molar-refractivity contribution in [1.82, 2.24) is 10.2 Å². The third-order valence-corrected chi connectivity index (χ3v) is 4.56. The summed E-state index contributed by atoms with van der Waals surface area (Å²) in [6.45, 7) is 4.22. The fourth-order valence-electron chi connectivity index (χ4n) is 3.20. The lowest BCUT2D eigenvalue weighted by Gasteiger charge is -2.36. The van der Waals surface area contributed by atoms with Crippen molar-refractivity contribution in [3.05, 3.63) is 0 Å². The van der Waals surface area contributed by atoms with Crippen molar-refractivity contribution in [1.29, 1.82) is 0 Å². The van der Waals surface area contributed by atoms with Crippen molar-refractivity contribution in [2.45, 2.75) is 51.6 Å². The Morgan fingerprint density at radius 1 is 1.33 bits per heavy atom. The van der Waals surface area contributed by atoms with Crippen LogP contribution in [0.2, 0.25) is 0 Å². The van der Waals surface area contributed by atoms with Crippen LogP contribution in [0, 0.1) is 5.41 Å². The Labute approximate surface area is 125 Å². The zero-order valence-corrected chi connectivity index (χ0v) is 12.8. The smallest absolute Gasteiger partial charge is 0.317 e. The molecular weight excluding hydrogens is 272 g/mol. The van der Waals surface area contributed by atoms with Gasteiger partial charge in [0.2, 0.25) is 0 Å². The summed E-state index contributed by atoms with van der Waals surface area (Å²) < 4.78 is 5.38. The average Bonchev–Trinajstić information content (AvgIpc) is 2.45. The van der Waals surface area contributed by atoms with Crippen molar-refractivity contribution in [3.63, 3.8) is 0 Å². The Morgan fingerprint density at radius 3 is 2.71 bits per heavy atom. The van der Waals surface area contributed by atoms with Gasteiger partial charge >= 0.3 is 12.0 Å². The maximum atomic E-state index is 12.2. The average molecular weight is 298 g/mol. The SMILES string of the molecule is CC1(CNC(=O)N2CCOC(CC(=O)O)C2)CCCCC1. The molecule has 0 radical (unpaired) electrons. The Kier molecular flexibility index (Phi) is 5.45. The van der Waals surface area contributed by atoms with Gasteiger partial charge in [0.05, 0.1) is 19.1 Å². The number of nitrogens with zero attached hydrogens (tertiary/aromatic N) is 1. The molecule has 2 fully saturated rings. The van der Waals surface area contributed by atoms with Crippen LogP contribution in [0.15, 0.2) is 0 Å². The zero-order chi connectivity index (χ0) is 15.3. The summed E-state index contributed by atoms with van der Waals surface area (Å²) in [7, 11) is 0. The highest BCUT2D eigenvalue weighted by molar-refractivity contribution is 5.74. The van der Waals surface area contributed by atoms with Gasteiger partial charge in [-0.25, -0.2) is 4.79 Å². The maximum absolute atomic E-state index is 12.2. The zero-order valence-electron chi connectivity index (χ0n) is 12.8. The third-order valence-electron chi connectivity index (χ3n) is 4.56. The highest BCUT2D eigenvalue weighted by Crippen LogP contribution is 2.34. The number of carbonyl (C=O) groups is 2. The normalized spacial score (nSPS) is 25.4. The predicted molar refractivity (Wildman–Crippen MR) is 78.2 cm³/mol. The van der Waals surface area contributed by atoms with E-state index in [0.29, 0.717) is 26.2 Å². The lowest BCUT2D eigenvalue weighted by Crippen LogP contribution is -2.51. The van der Waals surface area contributed by atoms with Crippen LogP contribution in [0.25, 0.3) is 0 Å². The molecule has 0 aromatic carbocycles. The first-order valence-electron chi connectivity index (χ1n) is 7.85. The topological polar surface area (TPSA) is 78.9 Å². The standard InChI is InChI=1S/C15H26N2O4/c1-15(5-3-2-4-6-15)11-16-14(20)17-7-8-21-12(10-17)9-13(18)19/h12H,2-11H2,1H3,(H,16,20)(H,18,19). The second-order valence-corrected chi connectivity index (χ2v) is 6.57. The van der Waals surface area contributed by atoms with Gasteiger partial charge in [-0.2, -0.15) is 0 Å². The summed E-state index contributed by atoms with van der Waals surface area (Å²) in [5.41, 5.74) is 0.209. The molecule has 1 aliphatic heterocycles.